The molecule has 1 fully saturated rings. The summed E-state index contributed by atoms with van der Waals surface area (Å²) in [6, 6.07) is 9.02. The van der Waals surface area contributed by atoms with Crippen LogP contribution in [0.4, 0.5) is 0 Å². The summed E-state index contributed by atoms with van der Waals surface area (Å²) in [6.45, 7) is 0.497. The van der Waals surface area contributed by atoms with Gasteiger partial charge in [-0.05, 0) is 47.7 Å². The van der Waals surface area contributed by atoms with Gasteiger partial charge in [-0.15, -0.1) is 0 Å². The quantitative estimate of drug-likeness (QED) is 0.699. The Labute approximate surface area is 170 Å². The summed E-state index contributed by atoms with van der Waals surface area (Å²) in [7, 11) is 6.22. The number of hydrogen-bond acceptors (Lipinski definition) is 7. The lowest BCUT2D eigenvalue weighted by Gasteiger charge is -2.23. The molecule has 3 atom stereocenters. The lowest BCUT2D eigenvalue weighted by Crippen LogP contribution is -2.21. The molecule has 29 heavy (non-hydrogen) atoms. The average Bonchev–Trinajstić information content (AvgIpc) is 3.16. The number of aliphatic hydroxyl groups is 1. The summed E-state index contributed by atoms with van der Waals surface area (Å²) >= 11 is 0. The molecule has 0 amide bonds. The largest absolute Gasteiger partial charge is 0.504 e. The minimum absolute atomic E-state index is 0.0127. The standard InChI is InChI=1S/C22H28O7/c1-25-18-8-13(5-6-17(18)24)7-15-12-29-21(16(15)11-23)14-9-19(26-2)22(28-4)20(10-14)27-3/h5-6,8-10,15-16,21,23-24H,7,11-12H2,1-4H3/t15-,16-,21+/m0/s1. The van der Waals surface area contributed by atoms with Crippen LogP contribution in [0.3, 0.4) is 0 Å². The van der Waals surface area contributed by atoms with Crippen LogP contribution in [-0.4, -0.2) is 51.9 Å². The van der Waals surface area contributed by atoms with E-state index >= 15 is 0 Å². The minimum Gasteiger partial charge on any atom is -0.504 e. The molecule has 3 rings (SSSR count). The van der Waals surface area contributed by atoms with E-state index in [0.717, 1.165) is 11.1 Å². The maximum Gasteiger partial charge on any atom is 0.203 e. The number of aromatic hydroxyl groups is 1. The van der Waals surface area contributed by atoms with Crippen LogP contribution in [-0.2, 0) is 11.2 Å². The van der Waals surface area contributed by atoms with Gasteiger partial charge in [-0.1, -0.05) is 6.07 Å². The molecule has 2 aromatic carbocycles. The van der Waals surface area contributed by atoms with E-state index in [2.05, 4.69) is 0 Å². The maximum atomic E-state index is 10.1. The molecule has 7 heteroatoms. The number of hydrogen-bond donors (Lipinski definition) is 2. The van der Waals surface area contributed by atoms with E-state index in [-0.39, 0.29) is 30.3 Å². The molecular formula is C22H28O7. The summed E-state index contributed by atoms with van der Waals surface area (Å²) in [5.74, 6) is 2.17. The van der Waals surface area contributed by atoms with Gasteiger partial charge in [0.05, 0.1) is 41.2 Å². The molecule has 0 saturated carbocycles. The van der Waals surface area contributed by atoms with Gasteiger partial charge in [-0.25, -0.2) is 0 Å². The Morgan fingerprint density at radius 3 is 2.14 bits per heavy atom. The van der Waals surface area contributed by atoms with Crippen LogP contribution in [0.15, 0.2) is 30.3 Å². The van der Waals surface area contributed by atoms with E-state index in [1.165, 1.54) is 7.11 Å². The number of rotatable bonds is 8. The van der Waals surface area contributed by atoms with Crippen LogP contribution >= 0.6 is 0 Å². The highest BCUT2D eigenvalue weighted by Crippen LogP contribution is 2.45. The first-order valence-electron chi connectivity index (χ1n) is 9.44. The van der Waals surface area contributed by atoms with Gasteiger partial charge in [0.15, 0.2) is 23.0 Å². The smallest absolute Gasteiger partial charge is 0.203 e. The van der Waals surface area contributed by atoms with Crippen molar-refractivity contribution in [3.63, 3.8) is 0 Å². The lowest BCUT2D eigenvalue weighted by atomic mass is 9.84. The van der Waals surface area contributed by atoms with Crippen molar-refractivity contribution in [3.05, 3.63) is 41.5 Å². The number of phenolic OH excluding ortho intramolecular Hbond substituents is 1. The Balaban J connectivity index is 1.86. The van der Waals surface area contributed by atoms with Crippen LogP contribution in [0.5, 0.6) is 28.7 Å². The van der Waals surface area contributed by atoms with Crippen LogP contribution < -0.4 is 18.9 Å². The molecular weight excluding hydrogens is 376 g/mol. The molecule has 158 valence electrons. The molecule has 1 aliphatic rings. The second kappa shape index (κ2) is 9.24. The van der Waals surface area contributed by atoms with Gasteiger partial charge in [-0.2, -0.15) is 0 Å². The van der Waals surface area contributed by atoms with E-state index in [9.17, 15) is 10.2 Å². The van der Waals surface area contributed by atoms with E-state index in [0.29, 0.717) is 36.0 Å². The molecule has 7 nitrogen and oxygen atoms in total. The predicted octanol–water partition coefficient (Wildman–Crippen LogP) is 2.97. The van der Waals surface area contributed by atoms with Crippen LogP contribution in [0.2, 0.25) is 0 Å². The fourth-order valence-corrected chi connectivity index (χ4v) is 3.94. The van der Waals surface area contributed by atoms with Crippen molar-refractivity contribution in [2.24, 2.45) is 11.8 Å². The molecule has 1 saturated heterocycles. The SMILES string of the molecule is COc1cc(C[C@H]2CO[C@H](c3cc(OC)c(OC)c(OC)c3)[C@H]2CO)ccc1O. The van der Waals surface area contributed by atoms with Gasteiger partial charge < -0.3 is 33.9 Å². The number of aliphatic hydroxyl groups excluding tert-OH is 1. The van der Waals surface area contributed by atoms with E-state index < -0.39 is 0 Å². The minimum atomic E-state index is -0.294. The molecule has 0 aliphatic carbocycles. The second-order valence-electron chi connectivity index (χ2n) is 7.03. The Morgan fingerprint density at radius 2 is 1.59 bits per heavy atom. The number of ether oxygens (including phenoxy) is 5. The summed E-state index contributed by atoms with van der Waals surface area (Å²) in [4.78, 5) is 0. The highest BCUT2D eigenvalue weighted by Gasteiger charge is 2.38. The molecule has 0 unspecified atom stereocenters. The van der Waals surface area contributed by atoms with Gasteiger partial charge in [0, 0.05) is 12.5 Å². The number of methoxy groups -OCH3 is 4. The highest BCUT2D eigenvalue weighted by molar-refractivity contribution is 5.54. The molecule has 0 spiro atoms. The fraction of sp³-hybridized carbons (Fsp3) is 0.455. The maximum absolute atomic E-state index is 10.1. The van der Waals surface area contributed by atoms with Gasteiger partial charge >= 0.3 is 0 Å². The normalized spacial score (nSPS) is 21.1. The Kier molecular flexibility index (Phi) is 6.71. The van der Waals surface area contributed by atoms with Crippen molar-refractivity contribution in [2.45, 2.75) is 12.5 Å². The van der Waals surface area contributed by atoms with E-state index in [4.69, 9.17) is 23.7 Å². The molecule has 2 N–H and O–H groups in total. The predicted molar refractivity (Wildman–Crippen MR) is 107 cm³/mol. The first-order valence-corrected chi connectivity index (χ1v) is 9.44. The summed E-state index contributed by atoms with van der Waals surface area (Å²) in [5, 5.41) is 19.9. The van der Waals surface area contributed by atoms with Crippen molar-refractivity contribution in [1.82, 2.24) is 0 Å². The molecule has 0 radical (unpaired) electrons. The third-order valence-corrected chi connectivity index (χ3v) is 5.45. The number of benzene rings is 2. The van der Waals surface area contributed by atoms with E-state index in [1.54, 1.807) is 27.4 Å². The summed E-state index contributed by atoms with van der Waals surface area (Å²) in [6.07, 6.45) is 0.403. The summed E-state index contributed by atoms with van der Waals surface area (Å²) < 4.78 is 27.6. The zero-order valence-electron chi connectivity index (χ0n) is 17.2. The van der Waals surface area contributed by atoms with Gasteiger partial charge in [0.2, 0.25) is 5.75 Å². The number of phenols is 1. The van der Waals surface area contributed by atoms with Crippen LogP contribution in [0, 0.1) is 11.8 Å². The fourth-order valence-electron chi connectivity index (χ4n) is 3.94. The Bertz CT molecular complexity index is 811. The van der Waals surface area contributed by atoms with Crippen molar-refractivity contribution in [2.75, 3.05) is 41.7 Å². The van der Waals surface area contributed by atoms with E-state index in [1.807, 2.05) is 24.3 Å². The summed E-state index contributed by atoms with van der Waals surface area (Å²) in [5.41, 5.74) is 1.88. The third-order valence-electron chi connectivity index (χ3n) is 5.45. The Hall–Kier alpha value is -2.64. The highest BCUT2D eigenvalue weighted by atomic mass is 16.5. The zero-order valence-corrected chi connectivity index (χ0v) is 17.2. The molecule has 1 aliphatic heterocycles. The van der Waals surface area contributed by atoms with Gasteiger partial charge in [-0.3, -0.25) is 0 Å². The zero-order chi connectivity index (χ0) is 21.0. The van der Waals surface area contributed by atoms with Crippen molar-refractivity contribution >= 4 is 0 Å². The van der Waals surface area contributed by atoms with Crippen LogP contribution in [0.25, 0.3) is 0 Å². The monoisotopic (exact) mass is 404 g/mol. The average molecular weight is 404 g/mol. The second-order valence-corrected chi connectivity index (χ2v) is 7.03. The molecule has 2 aromatic rings. The third kappa shape index (κ3) is 4.21. The van der Waals surface area contributed by atoms with Gasteiger partial charge in [0.25, 0.3) is 0 Å². The molecule has 0 aromatic heterocycles. The lowest BCUT2D eigenvalue weighted by molar-refractivity contribution is 0.0715. The molecule has 0 bridgehead atoms. The first kappa shape index (κ1) is 21.1. The first-order chi connectivity index (χ1) is 14.1. The Morgan fingerprint density at radius 1 is 0.931 bits per heavy atom. The topological polar surface area (TPSA) is 86.6 Å². The van der Waals surface area contributed by atoms with Crippen LogP contribution in [0.1, 0.15) is 17.2 Å². The van der Waals surface area contributed by atoms with Crippen molar-refractivity contribution in [3.8, 4) is 28.7 Å². The van der Waals surface area contributed by atoms with Crippen molar-refractivity contribution < 1.29 is 33.9 Å². The van der Waals surface area contributed by atoms with Gasteiger partial charge in [0.1, 0.15) is 0 Å². The van der Waals surface area contributed by atoms with Crippen molar-refractivity contribution in [1.29, 1.82) is 0 Å². The molecule has 1 heterocycles.